The van der Waals surface area contributed by atoms with E-state index in [2.05, 4.69) is 43.1 Å². The lowest BCUT2D eigenvalue weighted by Gasteiger charge is -2.23. The maximum Gasteiger partial charge on any atom is 0.119 e. The number of aromatic nitrogens is 1. The van der Waals surface area contributed by atoms with Crippen LogP contribution in [0, 0.1) is 0 Å². The number of nitrogens with zero attached hydrogens (tertiary/aromatic N) is 2. The third-order valence-corrected chi connectivity index (χ3v) is 5.94. The Bertz CT molecular complexity index is 956. The summed E-state index contributed by atoms with van der Waals surface area (Å²) in [5.41, 5.74) is 2.98. The lowest BCUT2D eigenvalue weighted by Crippen LogP contribution is -2.26. The number of halogens is 1. The lowest BCUT2D eigenvalue weighted by molar-refractivity contribution is 0.294. The van der Waals surface area contributed by atoms with Crippen molar-refractivity contribution in [1.29, 1.82) is 0 Å². The summed E-state index contributed by atoms with van der Waals surface area (Å²) in [5.74, 6) is 0.838. The number of fused-ring (bicyclic) bond motifs is 2. The lowest BCUT2D eigenvalue weighted by atomic mass is 10.0. The van der Waals surface area contributed by atoms with Crippen molar-refractivity contribution in [3.63, 3.8) is 0 Å². The number of ether oxygens (including phenoxy) is 1. The molecule has 29 heavy (non-hydrogen) atoms. The van der Waals surface area contributed by atoms with Gasteiger partial charge in [0.05, 0.1) is 23.8 Å². The van der Waals surface area contributed by atoms with Gasteiger partial charge in [0.25, 0.3) is 0 Å². The fourth-order valence-electron chi connectivity index (χ4n) is 3.86. The average Bonchev–Trinajstić information content (AvgIpc) is 2.74. The van der Waals surface area contributed by atoms with E-state index in [1.54, 1.807) is 7.11 Å². The first-order chi connectivity index (χ1) is 14.1. The maximum absolute atomic E-state index is 6.24. The number of hydrogen-bond acceptors (Lipinski definition) is 4. The Kier molecular flexibility index (Phi) is 7.57. The standard InChI is InChI=1S/C24H32ClN3O/c1-5-18(9-8-14-28(6-2)7-3)26-24-20-12-10-17(25)15-23(20)27-22-13-11-19(29-4)16-21(22)24/h10-13,15-16,18H,5-9,14H2,1-4H3,(H,26,27). The molecule has 2 aromatic carbocycles. The van der Waals surface area contributed by atoms with Crippen molar-refractivity contribution in [1.82, 2.24) is 9.88 Å². The van der Waals surface area contributed by atoms with Gasteiger partial charge in [-0.1, -0.05) is 32.4 Å². The average molecular weight is 414 g/mol. The van der Waals surface area contributed by atoms with Gasteiger partial charge in [0.15, 0.2) is 0 Å². The van der Waals surface area contributed by atoms with Crippen LogP contribution in [0.3, 0.4) is 0 Å². The number of rotatable bonds is 10. The second-order valence-electron chi connectivity index (χ2n) is 7.45. The minimum absolute atomic E-state index is 0.404. The minimum Gasteiger partial charge on any atom is -0.497 e. The maximum atomic E-state index is 6.24. The van der Waals surface area contributed by atoms with Gasteiger partial charge in [0.1, 0.15) is 5.75 Å². The molecule has 1 atom stereocenters. The number of nitrogens with one attached hydrogen (secondary N) is 1. The van der Waals surface area contributed by atoms with Crippen LogP contribution in [-0.2, 0) is 0 Å². The third-order valence-electron chi connectivity index (χ3n) is 5.71. The first-order valence-electron chi connectivity index (χ1n) is 10.6. The topological polar surface area (TPSA) is 37.4 Å². The number of methoxy groups -OCH3 is 1. The molecule has 0 aliphatic rings. The van der Waals surface area contributed by atoms with Crippen LogP contribution < -0.4 is 10.1 Å². The Morgan fingerprint density at radius 2 is 1.83 bits per heavy atom. The van der Waals surface area contributed by atoms with Crippen LogP contribution >= 0.6 is 11.6 Å². The second kappa shape index (κ2) is 10.1. The number of anilines is 1. The molecule has 0 bridgehead atoms. The van der Waals surface area contributed by atoms with E-state index in [9.17, 15) is 0 Å². The van der Waals surface area contributed by atoms with Gasteiger partial charge in [-0.05, 0) is 75.3 Å². The quantitative estimate of drug-likeness (QED) is 0.392. The van der Waals surface area contributed by atoms with Crippen LogP contribution in [-0.4, -0.2) is 42.7 Å². The monoisotopic (exact) mass is 413 g/mol. The predicted molar refractivity (Wildman–Crippen MR) is 126 cm³/mol. The Balaban J connectivity index is 1.95. The van der Waals surface area contributed by atoms with Gasteiger partial charge < -0.3 is 15.0 Å². The van der Waals surface area contributed by atoms with Gasteiger partial charge in [-0.25, -0.2) is 4.98 Å². The highest BCUT2D eigenvalue weighted by molar-refractivity contribution is 6.31. The predicted octanol–water partition coefficient (Wildman–Crippen LogP) is 6.36. The molecule has 0 aliphatic heterocycles. The molecule has 0 aliphatic carbocycles. The Labute approximate surface area is 179 Å². The smallest absolute Gasteiger partial charge is 0.119 e. The summed E-state index contributed by atoms with van der Waals surface area (Å²) < 4.78 is 5.47. The molecular weight excluding hydrogens is 382 g/mol. The Morgan fingerprint density at radius 1 is 1.03 bits per heavy atom. The van der Waals surface area contributed by atoms with Crippen molar-refractivity contribution in [2.45, 2.75) is 46.1 Å². The Morgan fingerprint density at radius 3 is 2.52 bits per heavy atom. The van der Waals surface area contributed by atoms with Crippen molar-refractivity contribution < 1.29 is 4.74 Å². The fraction of sp³-hybridized carbons (Fsp3) is 0.458. The molecule has 1 heterocycles. The summed E-state index contributed by atoms with van der Waals surface area (Å²) in [6.45, 7) is 10.1. The highest BCUT2D eigenvalue weighted by atomic mass is 35.5. The summed E-state index contributed by atoms with van der Waals surface area (Å²) in [6, 6.07) is 12.4. The van der Waals surface area contributed by atoms with Gasteiger partial charge in [0, 0.05) is 21.8 Å². The molecule has 0 fully saturated rings. The van der Waals surface area contributed by atoms with E-state index in [0.717, 1.165) is 65.7 Å². The second-order valence-corrected chi connectivity index (χ2v) is 7.89. The van der Waals surface area contributed by atoms with Gasteiger partial charge in [-0.15, -0.1) is 0 Å². The van der Waals surface area contributed by atoms with Gasteiger partial charge in [0.2, 0.25) is 0 Å². The SMILES string of the molecule is CCC(CCCN(CC)CC)Nc1c2ccc(Cl)cc2nc2ccc(OC)cc12. The van der Waals surface area contributed by atoms with E-state index >= 15 is 0 Å². The highest BCUT2D eigenvalue weighted by Crippen LogP contribution is 2.35. The van der Waals surface area contributed by atoms with Crippen molar-refractivity contribution in [3.05, 3.63) is 41.4 Å². The molecule has 4 nitrogen and oxygen atoms in total. The van der Waals surface area contributed by atoms with Gasteiger partial charge in [-0.2, -0.15) is 0 Å². The van der Waals surface area contributed by atoms with E-state index in [-0.39, 0.29) is 0 Å². The molecule has 0 amide bonds. The summed E-state index contributed by atoms with van der Waals surface area (Å²) in [4.78, 5) is 7.31. The zero-order chi connectivity index (χ0) is 20.8. The molecule has 156 valence electrons. The molecule has 0 saturated heterocycles. The normalized spacial score (nSPS) is 12.6. The molecule has 3 rings (SSSR count). The zero-order valence-corrected chi connectivity index (χ0v) is 18.7. The van der Waals surface area contributed by atoms with Crippen LogP contribution in [0.15, 0.2) is 36.4 Å². The van der Waals surface area contributed by atoms with Gasteiger partial charge >= 0.3 is 0 Å². The molecule has 0 spiro atoms. The molecule has 0 radical (unpaired) electrons. The van der Waals surface area contributed by atoms with Crippen LogP contribution in [0.5, 0.6) is 5.75 Å². The van der Waals surface area contributed by atoms with Crippen molar-refractivity contribution in [2.75, 3.05) is 32.1 Å². The fourth-order valence-corrected chi connectivity index (χ4v) is 4.03. The molecule has 3 aromatic rings. The van der Waals surface area contributed by atoms with E-state index in [1.807, 2.05) is 24.3 Å². The summed E-state index contributed by atoms with van der Waals surface area (Å²) in [7, 11) is 1.70. The molecule has 5 heteroatoms. The first-order valence-corrected chi connectivity index (χ1v) is 11.0. The van der Waals surface area contributed by atoms with Gasteiger partial charge in [-0.3, -0.25) is 0 Å². The van der Waals surface area contributed by atoms with E-state index in [0.29, 0.717) is 11.1 Å². The molecule has 0 saturated carbocycles. The highest BCUT2D eigenvalue weighted by Gasteiger charge is 2.15. The van der Waals surface area contributed by atoms with Crippen LogP contribution in [0.4, 0.5) is 5.69 Å². The zero-order valence-electron chi connectivity index (χ0n) is 18.0. The van der Waals surface area contributed by atoms with E-state index < -0.39 is 0 Å². The largest absolute Gasteiger partial charge is 0.497 e. The van der Waals surface area contributed by atoms with Crippen LogP contribution in [0.1, 0.15) is 40.0 Å². The summed E-state index contributed by atoms with van der Waals surface area (Å²) >= 11 is 6.24. The summed E-state index contributed by atoms with van der Waals surface area (Å²) in [6.07, 6.45) is 3.39. The van der Waals surface area contributed by atoms with Crippen molar-refractivity contribution in [3.8, 4) is 5.75 Å². The molecule has 1 N–H and O–H groups in total. The molecular formula is C24H32ClN3O. The van der Waals surface area contributed by atoms with Crippen LogP contribution in [0.2, 0.25) is 5.02 Å². The summed E-state index contributed by atoms with van der Waals surface area (Å²) in [5, 5.41) is 6.72. The molecule has 1 unspecified atom stereocenters. The van der Waals surface area contributed by atoms with E-state index in [4.69, 9.17) is 21.3 Å². The van der Waals surface area contributed by atoms with Crippen LogP contribution in [0.25, 0.3) is 21.8 Å². The number of benzene rings is 2. The number of hydrogen-bond donors (Lipinski definition) is 1. The minimum atomic E-state index is 0.404. The van der Waals surface area contributed by atoms with Crippen molar-refractivity contribution in [2.24, 2.45) is 0 Å². The van der Waals surface area contributed by atoms with E-state index in [1.165, 1.54) is 6.42 Å². The Hall–Kier alpha value is -2.04. The molecule has 1 aromatic heterocycles. The first kappa shape index (κ1) is 21.7. The van der Waals surface area contributed by atoms with Crippen molar-refractivity contribution >= 4 is 39.1 Å². The third kappa shape index (κ3) is 5.12. The number of pyridine rings is 1.